The van der Waals surface area contributed by atoms with Gasteiger partial charge in [0.15, 0.2) is 0 Å². The van der Waals surface area contributed by atoms with Gasteiger partial charge in [0.1, 0.15) is 5.44 Å². The maximum Gasteiger partial charge on any atom is 0.108 e. The fourth-order valence-corrected chi connectivity index (χ4v) is 3.11. The number of thioether (sulfide) groups is 1. The molecule has 1 rings (SSSR count). The van der Waals surface area contributed by atoms with E-state index in [-0.39, 0.29) is 5.41 Å². The van der Waals surface area contributed by atoms with Crippen LogP contribution in [0.4, 0.5) is 0 Å². The van der Waals surface area contributed by atoms with Gasteiger partial charge < -0.3 is 4.74 Å². The van der Waals surface area contributed by atoms with Crippen molar-refractivity contribution >= 4 is 11.8 Å². The first-order chi connectivity index (χ1) is 6.04. The van der Waals surface area contributed by atoms with Crippen molar-refractivity contribution < 1.29 is 4.74 Å². The van der Waals surface area contributed by atoms with Gasteiger partial charge in [0, 0.05) is 11.9 Å². The predicted octanol–water partition coefficient (Wildman–Crippen LogP) is 3.68. The van der Waals surface area contributed by atoms with Crippen LogP contribution in [0.15, 0.2) is 0 Å². The fourth-order valence-electron chi connectivity index (χ4n) is 1.58. The lowest BCUT2D eigenvalue weighted by atomic mass is 9.98. The second-order valence-electron chi connectivity index (χ2n) is 4.90. The van der Waals surface area contributed by atoms with Crippen LogP contribution >= 0.6 is 11.8 Å². The molecule has 0 N–H and O–H groups in total. The van der Waals surface area contributed by atoms with E-state index in [2.05, 4.69) is 27.7 Å². The van der Waals surface area contributed by atoms with E-state index in [1.54, 1.807) is 0 Å². The van der Waals surface area contributed by atoms with E-state index in [4.69, 9.17) is 4.74 Å². The van der Waals surface area contributed by atoms with Gasteiger partial charge in [-0.3, -0.25) is 0 Å². The van der Waals surface area contributed by atoms with Gasteiger partial charge in [0.05, 0.1) is 0 Å². The Morgan fingerprint density at radius 1 is 1.38 bits per heavy atom. The molecule has 0 radical (unpaired) electrons. The molecule has 2 heteroatoms. The quantitative estimate of drug-likeness (QED) is 0.675. The molecule has 1 saturated heterocycles. The van der Waals surface area contributed by atoms with E-state index in [0.717, 1.165) is 11.9 Å². The zero-order valence-electron chi connectivity index (χ0n) is 9.30. The van der Waals surface area contributed by atoms with Crippen LogP contribution in [0.5, 0.6) is 0 Å². The summed E-state index contributed by atoms with van der Waals surface area (Å²) in [7, 11) is 0. The number of ether oxygens (including phenoxy) is 1. The van der Waals surface area contributed by atoms with Gasteiger partial charge in [-0.1, -0.05) is 34.1 Å². The second-order valence-corrected chi connectivity index (χ2v) is 6.27. The van der Waals surface area contributed by atoms with Gasteiger partial charge in [-0.25, -0.2) is 0 Å². The summed E-state index contributed by atoms with van der Waals surface area (Å²) in [6, 6.07) is 0. The number of hydrogen-bond donors (Lipinski definition) is 0. The molecule has 1 nitrogen and oxygen atoms in total. The Hall–Kier alpha value is 0.310. The summed E-state index contributed by atoms with van der Waals surface area (Å²) in [5, 5.41) is 0.836. The van der Waals surface area contributed by atoms with Crippen LogP contribution in [0.2, 0.25) is 0 Å². The smallest absolute Gasteiger partial charge is 0.108 e. The summed E-state index contributed by atoms with van der Waals surface area (Å²) in [5.74, 6) is 0. The third-order valence-corrected chi connectivity index (χ3v) is 4.29. The molecule has 0 saturated carbocycles. The zero-order valence-corrected chi connectivity index (χ0v) is 10.1. The molecular formula is C11H22OS. The van der Waals surface area contributed by atoms with E-state index >= 15 is 0 Å². The molecule has 0 bridgehead atoms. The van der Waals surface area contributed by atoms with Gasteiger partial charge in [-0.15, -0.1) is 11.8 Å². The molecule has 1 heterocycles. The first-order valence-corrected chi connectivity index (χ1v) is 6.25. The molecule has 0 aromatic rings. The third-order valence-electron chi connectivity index (χ3n) is 2.34. The Labute approximate surface area is 86.6 Å². The Balaban J connectivity index is 2.42. The first-order valence-electron chi connectivity index (χ1n) is 5.31. The van der Waals surface area contributed by atoms with Crippen molar-refractivity contribution in [3.05, 3.63) is 0 Å². The van der Waals surface area contributed by atoms with Crippen molar-refractivity contribution in [2.75, 3.05) is 6.61 Å². The summed E-state index contributed by atoms with van der Waals surface area (Å²) >= 11 is 2.04. The number of hydrogen-bond acceptors (Lipinski definition) is 2. The molecule has 2 atom stereocenters. The summed E-state index contributed by atoms with van der Waals surface area (Å²) < 4.78 is 5.78. The van der Waals surface area contributed by atoms with Crippen LogP contribution in [0.25, 0.3) is 0 Å². The SMILES string of the molecule is CCCC1CCOC(C(C)(C)C)S1. The summed E-state index contributed by atoms with van der Waals surface area (Å²) in [6.45, 7) is 10.0. The van der Waals surface area contributed by atoms with Crippen molar-refractivity contribution in [3.8, 4) is 0 Å². The monoisotopic (exact) mass is 202 g/mol. The van der Waals surface area contributed by atoms with Crippen LogP contribution in [-0.2, 0) is 4.74 Å². The van der Waals surface area contributed by atoms with Crippen LogP contribution in [0.3, 0.4) is 0 Å². The summed E-state index contributed by atoms with van der Waals surface area (Å²) in [5.41, 5.74) is 0.690. The van der Waals surface area contributed by atoms with E-state index < -0.39 is 0 Å². The summed E-state index contributed by atoms with van der Waals surface area (Å²) in [4.78, 5) is 0. The lowest BCUT2D eigenvalue weighted by Crippen LogP contribution is -2.33. The Morgan fingerprint density at radius 2 is 2.08 bits per heavy atom. The lowest BCUT2D eigenvalue weighted by Gasteiger charge is -2.37. The summed E-state index contributed by atoms with van der Waals surface area (Å²) in [6.07, 6.45) is 3.89. The normalized spacial score (nSPS) is 30.5. The van der Waals surface area contributed by atoms with Gasteiger partial charge in [0.2, 0.25) is 0 Å². The van der Waals surface area contributed by atoms with E-state index in [1.165, 1.54) is 19.3 Å². The van der Waals surface area contributed by atoms with Gasteiger partial charge in [-0.2, -0.15) is 0 Å². The first kappa shape index (κ1) is 11.4. The molecule has 2 unspecified atom stereocenters. The highest BCUT2D eigenvalue weighted by Gasteiger charge is 2.31. The van der Waals surface area contributed by atoms with Crippen LogP contribution in [0.1, 0.15) is 47.0 Å². The average molecular weight is 202 g/mol. The van der Waals surface area contributed by atoms with Crippen molar-refractivity contribution in [2.45, 2.75) is 57.6 Å². The van der Waals surface area contributed by atoms with Gasteiger partial charge in [-0.05, 0) is 18.3 Å². The Bertz CT molecular complexity index is 149. The van der Waals surface area contributed by atoms with E-state index in [1.807, 2.05) is 11.8 Å². The molecule has 0 aromatic carbocycles. The largest absolute Gasteiger partial charge is 0.367 e. The van der Waals surface area contributed by atoms with E-state index in [0.29, 0.717) is 5.44 Å². The minimum absolute atomic E-state index is 0.289. The molecule has 13 heavy (non-hydrogen) atoms. The molecule has 0 aliphatic carbocycles. The lowest BCUT2D eigenvalue weighted by molar-refractivity contribution is 0.0335. The van der Waals surface area contributed by atoms with E-state index in [9.17, 15) is 0 Å². The Kier molecular flexibility index (Phi) is 4.11. The molecule has 1 aliphatic heterocycles. The average Bonchev–Trinajstić information content (AvgIpc) is 2.04. The molecule has 78 valence electrons. The maximum absolute atomic E-state index is 5.78. The topological polar surface area (TPSA) is 9.23 Å². The second kappa shape index (κ2) is 4.70. The van der Waals surface area contributed by atoms with Crippen LogP contribution < -0.4 is 0 Å². The van der Waals surface area contributed by atoms with Crippen LogP contribution in [-0.4, -0.2) is 17.3 Å². The Morgan fingerprint density at radius 3 is 2.62 bits per heavy atom. The molecule has 1 fully saturated rings. The predicted molar refractivity (Wildman–Crippen MR) is 60.1 cm³/mol. The molecular weight excluding hydrogens is 180 g/mol. The van der Waals surface area contributed by atoms with Gasteiger partial charge in [0.25, 0.3) is 0 Å². The number of rotatable bonds is 2. The zero-order chi connectivity index (χ0) is 9.90. The minimum atomic E-state index is 0.289. The third kappa shape index (κ3) is 3.51. The highest BCUT2D eigenvalue weighted by Crippen LogP contribution is 2.39. The maximum atomic E-state index is 5.78. The minimum Gasteiger partial charge on any atom is -0.367 e. The van der Waals surface area contributed by atoms with Crippen molar-refractivity contribution in [1.82, 2.24) is 0 Å². The standard InChI is InChI=1S/C11H22OS/c1-5-6-9-7-8-12-10(13-9)11(2,3)4/h9-10H,5-8H2,1-4H3. The van der Waals surface area contributed by atoms with Crippen molar-refractivity contribution in [1.29, 1.82) is 0 Å². The molecule has 0 amide bonds. The van der Waals surface area contributed by atoms with Gasteiger partial charge >= 0.3 is 0 Å². The highest BCUT2D eigenvalue weighted by molar-refractivity contribution is 8.00. The van der Waals surface area contributed by atoms with Crippen molar-refractivity contribution in [2.24, 2.45) is 5.41 Å². The highest BCUT2D eigenvalue weighted by atomic mass is 32.2. The molecule has 0 spiro atoms. The van der Waals surface area contributed by atoms with Crippen LogP contribution in [0, 0.1) is 5.41 Å². The molecule has 1 aliphatic rings. The molecule has 0 aromatic heterocycles. The fraction of sp³-hybridized carbons (Fsp3) is 1.00. The van der Waals surface area contributed by atoms with Crippen molar-refractivity contribution in [3.63, 3.8) is 0 Å².